The van der Waals surface area contributed by atoms with Crippen LogP contribution in [0.5, 0.6) is 0 Å². The zero-order valence-electron chi connectivity index (χ0n) is 9.89. The van der Waals surface area contributed by atoms with Crippen LogP contribution in [0.3, 0.4) is 0 Å². The fraction of sp³-hybridized carbons (Fsp3) is 0.692. The lowest BCUT2D eigenvalue weighted by molar-refractivity contribution is 0.520. The van der Waals surface area contributed by atoms with Gasteiger partial charge in [0, 0.05) is 0 Å². The Bertz CT molecular complexity index is 161. The third-order valence-corrected chi connectivity index (χ3v) is 2.38. The molecule has 0 aromatic rings. The first-order valence-corrected chi connectivity index (χ1v) is 5.73. The molecule has 1 heteroatoms. The minimum atomic E-state index is 0.806. The highest BCUT2D eigenvalue weighted by Crippen LogP contribution is 2.16. The third-order valence-electron chi connectivity index (χ3n) is 2.38. The van der Waals surface area contributed by atoms with Crippen molar-refractivity contribution in [2.75, 3.05) is 0 Å². The van der Waals surface area contributed by atoms with Crippen molar-refractivity contribution in [2.45, 2.75) is 52.2 Å². The highest BCUT2D eigenvalue weighted by atomic mass is 14.1. The Kier molecular flexibility index (Phi) is 8.82. The lowest BCUT2D eigenvalue weighted by atomic mass is 9.68. The lowest BCUT2D eigenvalue weighted by Crippen LogP contribution is -1.96. The van der Waals surface area contributed by atoms with E-state index in [0.717, 1.165) is 12.3 Å². The van der Waals surface area contributed by atoms with Crippen molar-refractivity contribution in [3.8, 4) is 0 Å². The summed E-state index contributed by atoms with van der Waals surface area (Å²) < 4.78 is 0. The molecule has 0 spiro atoms. The van der Waals surface area contributed by atoms with E-state index in [9.17, 15) is 0 Å². The first-order chi connectivity index (χ1) is 6.66. The van der Waals surface area contributed by atoms with Crippen LogP contribution in [0.15, 0.2) is 24.8 Å². The molecule has 1 unspecified atom stereocenters. The van der Waals surface area contributed by atoms with Crippen LogP contribution >= 0.6 is 0 Å². The van der Waals surface area contributed by atoms with Crippen LogP contribution < -0.4 is 0 Å². The second-order valence-corrected chi connectivity index (χ2v) is 4.35. The second kappa shape index (κ2) is 9.11. The van der Waals surface area contributed by atoms with Crippen molar-refractivity contribution < 1.29 is 0 Å². The van der Waals surface area contributed by atoms with Gasteiger partial charge in [-0.05, 0) is 19.3 Å². The molecule has 0 nitrogen and oxygen atoms in total. The van der Waals surface area contributed by atoms with Gasteiger partial charge in [0.15, 0.2) is 0 Å². The van der Waals surface area contributed by atoms with Crippen LogP contribution in [0, 0.1) is 5.92 Å². The van der Waals surface area contributed by atoms with Gasteiger partial charge in [0.1, 0.15) is 0 Å². The van der Waals surface area contributed by atoms with E-state index >= 15 is 0 Å². The average molecular weight is 191 g/mol. The molecule has 0 aliphatic rings. The largest absolute Gasteiger partial charge is 0.336 e. The fourth-order valence-corrected chi connectivity index (χ4v) is 1.69. The summed E-state index contributed by atoms with van der Waals surface area (Å²) in [7, 11) is 2.38. The van der Waals surface area contributed by atoms with Gasteiger partial charge >= 0.3 is 0 Å². The van der Waals surface area contributed by atoms with Gasteiger partial charge in [-0.3, -0.25) is 0 Å². The quantitative estimate of drug-likeness (QED) is 0.286. The summed E-state index contributed by atoms with van der Waals surface area (Å²) in [5.41, 5.74) is 1.31. The molecule has 0 saturated heterocycles. The second-order valence-electron chi connectivity index (χ2n) is 4.35. The molecule has 0 amide bonds. The molecule has 2 radical (unpaired) electrons. The maximum Gasteiger partial charge on any atom is -0.0300 e. The highest BCUT2D eigenvalue weighted by Gasteiger charge is 1.99. The minimum Gasteiger partial charge on any atom is -0.336 e. The van der Waals surface area contributed by atoms with Gasteiger partial charge < -0.3 is 7.28 Å². The molecule has 0 aromatic carbocycles. The van der Waals surface area contributed by atoms with Crippen LogP contribution in [0.25, 0.3) is 0 Å². The number of allylic oxidation sites excluding steroid dienone is 2. The Morgan fingerprint density at radius 1 is 1.43 bits per heavy atom. The molecule has 0 saturated carbocycles. The van der Waals surface area contributed by atoms with Gasteiger partial charge in [-0.25, -0.2) is 12.6 Å². The summed E-state index contributed by atoms with van der Waals surface area (Å²) in [5, 5.41) is 0. The summed E-state index contributed by atoms with van der Waals surface area (Å²) in [6.07, 6.45) is 9.41. The molecule has 0 fully saturated rings. The molecule has 0 aromatic heterocycles. The van der Waals surface area contributed by atoms with Gasteiger partial charge in [0.25, 0.3) is 0 Å². The summed E-state index contributed by atoms with van der Waals surface area (Å²) in [5.74, 6) is 0.806. The standard InChI is InChI=1S/C13H24B/c1-5-6-9-14-10-7-8-13(4)11-12(2)3/h5,13H,1-2,6-11H2,3-4H3/q-1. The first kappa shape index (κ1) is 13.5. The van der Waals surface area contributed by atoms with Gasteiger partial charge in [0.2, 0.25) is 0 Å². The zero-order valence-corrected chi connectivity index (χ0v) is 9.89. The Balaban J connectivity index is 3.18. The van der Waals surface area contributed by atoms with E-state index in [4.69, 9.17) is 0 Å². The normalized spacial score (nSPS) is 12.4. The van der Waals surface area contributed by atoms with E-state index in [2.05, 4.69) is 34.3 Å². The van der Waals surface area contributed by atoms with Crippen molar-refractivity contribution >= 4 is 7.28 Å². The number of rotatable bonds is 9. The van der Waals surface area contributed by atoms with Gasteiger partial charge in [-0.1, -0.05) is 37.8 Å². The molecule has 1 atom stereocenters. The van der Waals surface area contributed by atoms with Crippen LogP contribution in [-0.4, -0.2) is 7.28 Å². The molecule has 0 bridgehead atoms. The van der Waals surface area contributed by atoms with E-state index in [-0.39, 0.29) is 0 Å². The lowest BCUT2D eigenvalue weighted by Gasteiger charge is -2.15. The van der Waals surface area contributed by atoms with Crippen LogP contribution in [0.2, 0.25) is 12.6 Å². The van der Waals surface area contributed by atoms with Crippen molar-refractivity contribution in [3.05, 3.63) is 24.8 Å². The molecule has 80 valence electrons. The fourth-order valence-electron chi connectivity index (χ4n) is 1.69. The zero-order chi connectivity index (χ0) is 10.8. The Morgan fingerprint density at radius 2 is 2.14 bits per heavy atom. The maximum absolute atomic E-state index is 3.94. The van der Waals surface area contributed by atoms with E-state index in [1.165, 1.54) is 37.5 Å². The van der Waals surface area contributed by atoms with Crippen LogP contribution in [-0.2, 0) is 0 Å². The van der Waals surface area contributed by atoms with Crippen molar-refractivity contribution in [2.24, 2.45) is 5.92 Å². The molecule has 0 rings (SSSR count). The maximum atomic E-state index is 3.94. The summed E-state index contributed by atoms with van der Waals surface area (Å²) >= 11 is 0. The van der Waals surface area contributed by atoms with E-state index < -0.39 is 0 Å². The highest BCUT2D eigenvalue weighted by molar-refractivity contribution is 6.35. The monoisotopic (exact) mass is 191 g/mol. The van der Waals surface area contributed by atoms with Crippen molar-refractivity contribution in [3.63, 3.8) is 0 Å². The molecule has 0 heterocycles. The van der Waals surface area contributed by atoms with E-state index in [0.29, 0.717) is 0 Å². The molecular weight excluding hydrogens is 167 g/mol. The molecule has 0 aliphatic carbocycles. The molecule has 0 N–H and O–H groups in total. The Morgan fingerprint density at radius 3 is 2.71 bits per heavy atom. The Labute approximate surface area is 90.7 Å². The predicted molar refractivity (Wildman–Crippen MR) is 68.0 cm³/mol. The predicted octanol–water partition coefficient (Wildman–Crippen LogP) is 4.49. The topological polar surface area (TPSA) is 0 Å². The number of hydrogen-bond acceptors (Lipinski definition) is 0. The van der Waals surface area contributed by atoms with Crippen LogP contribution in [0.4, 0.5) is 0 Å². The van der Waals surface area contributed by atoms with Crippen LogP contribution in [0.1, 0.15) is 39.5 Å². The Hall–Kier alpha value is -0.455. The van der Waals surface area contributed by atoms with E-state index in [1.54, 1.807) is 0 Å². The summed E-state index contributed by atoms with van der Waals surface area (Å²) in [4.78, 5) is 0. The molecular formula is C13H24B-. The van der Waals surface area contributed by atoms with Gasteiger partial charge in [-0.15, -0.1) is 13.2 Å². The first-order valence-electron chi connectivity index (χ1n) is 5.73. The number of hydrogen-bond donors (Lipinski definition) is 0. The van der Waals surface area contributed by atoms with Gasteiger partial charge in [0.05, 0.1) is 0 Å². The molecule has 14 heavy (non-hydrogen) atoms. The van der Waals surface area contributed by atoms with E-state index in [1.807, 2.05) is 6.08 Å². The molecule has 0 aliphatic heterocycles. The SMILES string of the molecule is C=CCC[B-]CCCC(C)CC(=C)C. The van der Waals surface area contributed by atoms with Crippen molar-refractivity contribution in [1.82, 2.24) is 0 Å². The smallest absolute Gasteiger partial charge is 0.0300 e. The summed E-state index contributed by atoms with van der Waals surface area (Å²) in [6.45, 7) is 12.1. The van der Waals surface area contributed by atoms with Crippen molar-refractivity contribution in [1.29, 1.82) is 0 Å². The third kappa shape index (κ3) is 9.63. The minimum absolute atomic E-state index is 0.806. The van der Waals surface area contributed by atoms with Gasteiger partial charge in [-0.2, -0.15) is 0 Å². The summed E-state index contributed by atoms with van der Waals surface area (Å²) in [6, 6.07) is 0. The average Bonchev–Trinajstić information content (AvgIpc) is 2.10.